The summed E-state index contributed by atoms with van der Waals surface area (Å²) in [6.07, 6.45) is 2.76. The number of nitrogens with zero attached hydrogens (tertiary/aromatic N) is 2. The first-order valence-electron chi connectivity index (χ1n) is 6.24. The van der Waals surface area contributed by atoms with Gasteiger partial charge in [0.05, 0.1) is 12.3 Å². The molecule has 96 valence electrons. The molecule has 0 aliphatic heterocycles. The summed E-state index contributed by atoms with van der Waals surface area (Å²) in [6.45, 7) is 3.54. The molecule has 4 nitrogen and oxygen atoms in total. The third-order valence-corrected chi connectivity index (χ3v) is 2.81. The molecular formula is C14H19N3O. The first-order chi connectivity index (χ1) is 8.81. The Kier molecular flexibility index (Phi) is 4.23. The Labute approximate surface area is 108 Å². The van der Waals surface area contributed by atoms with E-state index in [9.17, 15) is 0 Å². The molecule has 1 N–H and O–H groups in total. The van der Waals surface area contributed by atoms with Crippen LogP contribution in [0.4, 0.5) is 5.69 Å². The standard InChI is InChI=1S/C14H19N3O/c1-3-18-14-7-5-4-6-13(14)15-10-8-12-9-11-16-17(12)2/h4-7,9,11,15H,3,8,10H2,1-2H3. The number of para-hydroxylation sites is 2. The lowest BCUT2D eigenvalue weighted by Crippen LogP contribution is -2.09. The topological polar surface area (TPSA) is 39.1 Å². The maximum Gasteiger partial charge on any atom is 0.142 e. The van der Waals surface area contributed by atoms with Gasteiger partial charge in [-0.05, 0) is 25.1 Å². The quantitative estimate of drug-likeness (QED) is 0.849. The predicted octanol–water partition coefficient (Wildman–Crippen LogP) is 2.47. The summed E-state index contributed by atoms with van der Waals surface area (Å²) >= 11 is 0. The summed E-state index contributed by atoms with van der Waals surface area (Å²) in [6, 6.07) is 10.0. The second-order valence-electron chi connectivity index (χ2n) is 4.05. The van der Waals surface area contributed by atoms with E-state index in [2.05, 4.69) is 10.4 Å². The number of hydrogen-bond acceptors (Lipinski definition) is 3. The fourth-order valence-corrected chi connectivity index (χ4v) is 1.87. The summed E-state index contributed by atoms with van der Waals surface area (Å²) in [4.78, 5) is 0. The second-order valence-corrected chi connectivity index (χ2v) is 4.05. The van der Waals surface area contributed by atoms with E-state index in [-0.39, 0.29) is 0 Å². The smallest absolute Gasteiger partial charge is 0.142 e. The molecule has 1 heterocycles. The van der Waals surface area contributed by atoms with Crippen LogP contribution < -0.4 is 10.1 Å². The van der Waals surface area contributed by atoms with Crippen LogP contribution in [0, 0.1) is 0 Å². The molecule has 0 aliphatic carbocycles. The average molecular weight is 245 g/mol. The number of aryl methyl sites for hydroxylation is 1. The number of hydrogen-bond donors (Lipinski definition) is 1. The van der Waals surface area contributed by atoms with Crippen LogP contribution in [0.1, 0.15) is 12.6 Å². The van der Waals surface area contributed by atoms with Crippen LogP contribution in [0.15, 0.2) is 36.5 Å². The van der Waals surface area contributed by atoms with E-state index >= 15 is 0 Å². The Balaban J connectivity index is 1.92. The van der Waals surface area contributed by atoms with E-state index in [0.29, 0.717) is 6.61 Å². The van der Waals surface area contributed by atoms with Crippen molar-refractivity contribution in [3.05, 3.63) is 42.2 Å². The monoisotopic (exact) mass is 245 g/mol. The fraction of sp³-hybridized carbons (Fsp3) is 0.357. The molecule has 0 amide bonds. The lowest BCUT2D eigenvalue weighted by atomic mass is 10.2. The molecule has 0 spiro atoms. The molecule has 0 aliphatic rings. The van der Waals surface area contributed by atoms with Gasteiger partial charge in [0, 0.05) is 31.9 Å². The summed E-state index contributed by atoms with van der Waals surface area (Å²) in [5.74, 6) is 0.907. The van der Waals surface area contributed by atoms with Gasteiger partial charge in [-0.1, -0.05) is 12.1 Å². The van der Waals surface area contributed by atoms with Crippen LogP contribution in [-0.2, 0) is 13.5 Å². The Morgan fingerprint density at radius 2 is 2.11 bits per heavy atom. The molecule has 1 aromatic carbocycles. The third kappa shape index (κ3) is 3.03. The minimum absolute atomic E-state index is 0.681. The molecule has 0 radical (unpaired) electrons. The first kappa shape index (κ1) is 12.5. The van der Waals surface area contributed by atoms with Gasteiger partial charge in [0.15, 0.2) is 0 Å². The minimum Gasteiger partial charge on any atom is -0.492 e. The normalized spacial score (nSPS) is 10.3. The van der Waals surface area contributed by atoms with E-state index < -0.39 is 0 Å². The van der Waals surface area contributed by atoms with Crippen molar-refractivity contribution < 1.29 is 4.74 Å². The van der Waals surface area contributed by atoms with Crippen LogP contribution in [0.5, 0.6) is 5.75 Å². The number of anilines is 1. The molecular weight excluding hydrogens is 226 g/mol. The number of nitrogens with one attached hydrogen (secondary N) is 1. The highest BCUT2D eigenvalue weighted by Gasteiger charge is 2.02. The number of aromatic nitrogens is 2. The van der Waals surface area contributed by atoms with Crippen LogP contribution in [0.3, 0.4) is 0 Å². The van der Waals surface area contributed by atoms with Crippen molar-refractivity contribution in [2.24, 2.45) is 7.05 Å². The van der Waals surface area contributed by atoms with Crippen LogP contribution in [0.25, 0.3) is 0 Å². The summed E-state index contributed by atoms with van der Waals surface area (Å²) in [5.41, 5.74) is 2.26. The Morgan fingerprint density at radius 3 is 2.83 bits per heavy atom. The van der Waals surface area contributed by atoms with Gasteiger partial charge >= 0.3 is 0 Å². The Morgan fingerprint density at radius 1 is 1.28 bits per heavy atom. The summed E-state index contributed by atoms with van der Waals surface area (Å²) < 4.78 is 7.47. The summed E-state index contributed by atoms with van der Waals surface area (Å²) in [5, 5.41) is 7.55. The predicted molar refractivity (Wildman–Crippen MR) is 73.0 cm³/mol. The molecule has 0 saturated heterocycles. The SMILES string of the molecule is CCOc1ccccc1NCCc1ccnn1C. The van der Waals surface area contributed by atoms with E-state index in [4.69, 9.17) is 4.74 Å². The lowest BCUT2D eigenvalue weighted by Gasteiger charge is -2.12. The maximum atomic E-state index is 5.57. The van der Waals surface area contributed by atoms with Crippen molar-refractivity contribution in [3.8, 4) is 5.75 Å². The Bertz CT molecular complexity index is 493. The largest absolute Gasteiger partial charge is 0.492 e. The number of rotatable bonds is 6. The Hall–Kier alpha value is -1.97. The van der Waals surface area contributed by atoms with Crippen molar-refractivity contribution >= 4 is 5.69 Å². The highest BCUT2D eigenvalue weighted by Crippen LogP contribution is 2.23. The van der Waals surface area contributed by atoms with Gasteiger partial charge in [-0.15, -0.1) is 0 Å². The van der Waals surface area contributed by atoms with E-state index in [1.807, 2.05) is 55.2 Å². The van der Waals surface area contributed by atoms with Crippen LogP contribution >= 0.6 is 0 Å². The molecule has 18 heavy (non-hydrogen) atoms. The highest BCUT2D eigenvalue weighted by atomic mass is 16.5. The fourth-order valence-electron chi connectivity index (χ4n) is 1.87. The minimum atomic E-state index is 0.681. The molecule has 0 saturated carbocycles. The van der Waals surface area contributed by atoms with Gasteiger partial charge in [-0.25, -0.2) is 0 Å². The van der Waals surface area contributed by atoms with Crippen LogP contribution in [0.2, 0.25) is 0 Å². The van der Waals surface area contributed by atoms with E-state index in [1.165, 1.54) is 5.69 Å². The van der Waals surface area contributed by atoms with Gasteiger partial charge in [-0.2, -0.15) is 5.10 Å². The average Bonchev–Trinajstić information content (AvgIpc) is 2.78. The van der Waals surface area contributed by atoms with Gasteiger partial charge in [0.2, 0.25) is 0 Å². The zero-order chi connectivity index (χ0) is 12.8. The van der Waals surface area contributed by atoms with Crippen molar-refractivity contribution in [3.63, 3.8) is 0 Å². The van der Waals surface area contributed by atoms with Crippen LogP contribution in [-0.4, -0.2) is 22.9 Å². The lowest BCUT2D eigenvalue weighted by molar-refractivity contribution is 0.341. The highest BCUT2D eigenvalue weighted by molar-refractivity contribution is 5.56. The van der Waals surface area contributed by atoms with Crippen molar-refractivity contribution in [1.82, 2.24) is 9.78 Å². The van der Waals surface area contributed by atoms with Gasteiger partial charge < -0.3 is 10.1 Å². The first-order valence-corrected chi connectivity index (χ1v) is 6.24. The van der Waals surface area contributed by atoms with E-state index in [1.54, 1.807) is 0 Å². The molecule has 1 aromatic heterocycles. The number of ether oxygens (including phenoxy) is 1. The zero-order valence-electron chi connectivity index (χ0n) is 10.9. The molecule has 0 atom stereocenters. The zero-order valence-corrected chi connectivity index (χ0v) is 10.9. The molecule has 0 bridgehead atoms. The molecule has 2 aromatic rings. The second kappa shape index (κ2) is 6.10. The molecule has 0 unspecified atom stereocenters. The van der Waals surface area contributed by atoms with Crippen molar-refractivity contribution in [2.75, 3.05) is 18.5 Å². The molecule has 2 rings (SSSR count). The van der Waals surface area contributed by atoms with Gasteiger partial charge in [0.25, 0.3) is 0 Å². The van der Waals surface area contributed by atoms with Crippen molar-refractivity contribution in [1.29, 1.82) is 0 Å². The maximum absolute atomic E-state index is 5.57. The number of benzene rings is 1. The van der Waals surface area contributed by atoms with Gasteiger partial charge in [0.1, 0.15) is 5.75 Å². The van der Waals surface area contributed by atoms with Gasteiger partial charge in [-0.3, -0.25) is 4.68 Å². The molecule has 4 heteroatoms. The van der Waals surface area contributed by atoms with Crippen molar-refractivity contribution in [2.45, 2.75) is 13.3 Å². The third-order valence-electron chi connectivity index (χ3n) is 2.81. The molecule has 0 fully saturated rings. The summed E-state index contributed by atoms with van der Waals surface area (Å²) in [7, 11) is 1.96. The van der Waals surface area contributed by atoms with E-state index in [0.717, 1.165) is 24.4 Å².